The van der Waals surface area contributed by atoms with Gasteiger partial charge in [-0.05, 0) is 61.2 Å². The summed E-state index contributed by atoms with van der Waals surface area (Å²) in [6.07, 6.45) is 2.26. The van der Waals surface area contributed by atoms with Gasteiger partial charge < -0.3 is 19.5 Å². The summed E-state index contributed by atoms with van der Waals surface area (Å²) in [5, 5.41) is 11.2. The molecule has 166 valence electrons. The van der Waals surface area contributed by atoms with Crippen LogP contribution in [0.1, 0.15) is 42.5 Å². The van der Waals surface area contributed by atoms with Crippen molar-refractivity contribution in [3.63, 3.8) is 0 Å². The number of carbonyl (C=O) groups is 2. The molecule has 6 nitrogen and oxygen atoms in total. The summed E-state index contributed by atoms with van der Waals surface area (Å²) in [4.78, 5) is 27.5. The van der Waals surface area contributed by atoms with Gasteiger partial charge in [0.25, 0.3) is 11.7 Å². The number of hydrogen-bond donors (Lipinski definition) is 1. The van der Waals surface area contributed by atoms with Crippen LogP contribution in [0.15, 0.2) is 48.0 Å². The smallest absolute Gasteiger partial charge is 0.295 e. The van der Waals surface area contributed by atoms with Gasteiger partial charge >= 0.3 is 0 Å². The molecule has 3 aliphatic rings. The van der Waals surface area contributed by atoms with E-state index < -0.39 is 23.5 Å². The lowest BCUT2D eigenvalue weighted by Crippen LogP contribution is -2.36. The minimum atomic E-state index is -0.816. The number of carbonyl (C=O) groups excluding carboxylic acids is 2. The van der Waals surface area contributed by atoms with Crippen molar-refractivity contribution in [2.24, 2.45) is 0 Å². The molecule has 1 amide bonds. The second-order valence-corrected chi connectivity index (χ2v) is 8.59. The molecule has 2 aromatic carbocycles. The first-order valence-electron chi connectivity index (χ1n) is 10.9. The van der Waals surface area contributed by atoms with E-state index in [1.165, 1.54) is 17.0 Å². The fourth-order valence-corrected chi connectivity index (χ4v) is 4.79. The van der Waals surface area contributed by atoms with Crippen LogP contribution in [0, 0.1) is 5.82 Å². The Morgan fingerprint density at radius 3 is 2.69 bits per heavy atom. The SMILES string of the molecule is CC1Cc2cc(/C(O)=C3/C(=O)C(=O)N(CC4CCCO4)C3c3ccc(F)cc3)ccc2O1. The predicted molar refractivity (Wildman–Crippen MR) is 115 cm³/mol. The molecule has 2 saturated heterocycles. The van der Waals surface area contributed by atoms with E-state index in [0.29, 0.717) is 24.2 Å². The van der Waals surface area contributed by atoms with Crippen LogP contribution in [0.3, 0.4) is 0 Å². The third-order valence-corrected chi connectivity index (χ3v) is 6.32. The fraction of sp³-hybridized carbons (Fsp3) is 0.360. The summed E-state index contributed by atoms with van der Waals surface area (Å²) in [5.41, 5.74) is 1.95. The molecule has 0 aliphatic carbocycles. The van der Waals surface area contributed by atoms with Gasteiger partial charge in [-0.15, -0.1) is 0 Å². The van der Waals surface area contributed by atoms with Crippen LogP contribution in [0.5, 0.6) is 5.75 Å². The van der Waals surface area contributed by atoms with E-state index >= 15 is 0 Å². The van der Waals surface area contributed by atoms with Crippen molar-refractivity contribution in [1.29, 1.82) is 0 Å². The predicted octanol–water partition coefficient (Wildman–Crippen LogP) is 3.75. The van der Waals surface area contributed by atoms with E-state index in [0.717, 1.165) is 24.2 Å². The normalized spacial score (nSPS) is 26.4. The first-order valence-corrected chi connectivity index (χ1v) is 10.9. The molecule has 0 bridgehead atoms. The van der Waals surface area contributed by atoms with Crippen LogP contribution in [0.4, 0.5) is 4.39 Å². The standard InChI is InChI=1S/C25H24FNO5/c1-14-11-17-12-16(6-9-20(17)32-14)23(28)21-22(15-4-7-18(26)8-5-15)27(25(30)24(21)29)13-19-3-2-10-31-19/h4-9,12,14,19,22,28H,2-3,10-11,13H2,1H3/b23-21-. The molecule has 0 radical (unpaired) electrons. The zero-order valence-electron chi connectivity index (χ0n) is 17.7. The Morgan fingerprint density at radius 1 is 1.19 bits per heavy atom. The largest absolute Gasteiger partial charge is 0.507 e. The average Bonchev–Trinajstić information content (AvgIpc) is 3.48. The Balaban J connectivity index is 1.59. The number of benzene rings is 2. The zero-order chi connectivity index (χ0) is 22.4. The number of likely N-dealkylation sites (tertiary alicyclic amines) is 1. The third-order valence-electron chi connectivity index (χ3n) is 6.32. The summed E-state index contributed by atoms with van der Waals surface area (Å²) < 4.78 is 25.0. The van der Waals surface area contributed by atoms with Gasteiger partial charge in [-0.3, -0.25) is 9.59 Å². The highest BCUT2D eigenvalue weighted by Gasteiger charge is 2.47. The first-order chi connectivity index (χ1) is 15.4. The number of amides is 1. The van der Waals surface area contributed by atoms with Crippen LogP contribution in [-0.2, 0) is 20.7 Å². The van der Waals surface area contributed by atoms with Crippen LogP contribution in [0.25, 0.3) is 5.76 Å². The van der Waals surface area contributed by atoms with Crippen LogP contribution >= 0.6 is 0 Å². The van der Waals surface area contributed by atoms with E-state index in [-0.39, 0.29) is 30.1 Å². The van der Waals surface area contributed by atoms with Crippen molar-refractivity contribution in [3.05, 3.63) is 70.5 Å². The lowest BCUT2D eigenvalue weighted by Gasteiger charge is -2.27. The van der Waals surface area contributed by atoms with Gasteiger partial charge in [0.1, 0.15) is 23.4 Å². The van der Waals surface area contributed by atoms with Gasteiger partial charge in [0.15, 0.2) is 0 Å². The van der Waals surface area contributed by atoms with Crippen molar-refractivity contribution < 1.29 is 28.6 Å². The molecule has 0 spiro atoms. The van der Waals surface area contributed by atoms with Crippen molar-refractivity contribution in [2.45, 2.75) is 44.4 Å². The van der Waals surface area contributed by atoms with Gasteiger partial charge in [0.2, 0.25) is 0 Å². The Labute approximate surface area is 185 Å². The Bertz CT molecular complexity index is 1100. The Morgan fingerprint density at radius 2 is 1.97 bits per heavy atom. The van der Waals surface area contributed by atoms with Gasteiger partial charge in [-0.25, -0.2) is 4.39 Å². The van der Waals surface area contributed by atoms with E-state index in [1.54, 1.807) is 30.3 Å². The molecule has 5 rings (SSSR count). The van der Waals surface area contributed by atoms with Crippen molar-refractivity contribution in [1.82, 2.24) is 4.90 Å². The van der Waals surface area contributed by atoms with Crippen molar-refractivity contribution >= 4 is 17.4 Å². The molecular weight excluding hydrogens is 413 g/mol. The average molecular weight is 437 g/mol. The number of aliphatic hydroxyl groups is 1. The molecule has 3 aliphatic heterocycles. The molecule has 2 aromatic rings. The number of halogens is 1. The van der Waals surface area contributed by atoms with Gasteiger partial charge in [0, 0.05) is 25.1 Å². The minimum absolute atomic E-state index is 0.00604. The summed E-state index contributed by atoms with van der Waals surface area (Å²) in [6.45, 7) is 2.81. The number of ketones is 1. The first kappa shape index (κ1) is 20.7. The molecule has 3 atom stereocenters. The van der Waals surface area contributed by atoms with Crippen LogP contribution in [0.2, 0.25) is 0 Å². The Kier molecular flexibility index (Phi) is 5.21. The molecule has 0 saturated carbocycles. The van der Waals surface area contributed by atoms with E-state index in [2.05, 4.69) is 0 Å². The highest BCUT2D eigenvalue weighted by Crippen LogP contribution is 2.41. The number of hydrogen-bond acceptors (Lipinski definition) is 5. The quantitative estimate of drug-likeness (QED) is 0.448. The molecule has 3 heterocycles. The molecule has 7 heteroatoms. The summed E-state index contributed by atoms with van der Waals surface area (Å²) in [6, 6.07) is 10.1. The van der Waals surface area contributed by atoms with Crippen LogP contribution in [-0.4, -0.2) is 47.1 Å². The number of nitrogens with zero attached hydrogens (tertiary/aromatic N) is 1. The fourth-order valence-electron chi connectivity index (χ4n) is 4.79. The van der Waals surface area contributed by atoms with Crippen LogP contribution < -0.4 is 4.74 Å². The molecule has 0 aromatic heterocycles. The lowest BCUT2D eigenvalue weighted by molar-refractivity contribution is -0.140. The van der Waals surface area contributed by atoms with Gasteiger partial charge in [-0.2, -0.15) is 0 Å². The molecular formula is C25H24FNO5. The summed E-state index contributed by atoms with van der Waals surface area (Å²) >= 11 is 0. The van der Waals surface area contributed by atoms with Crippen molar-refractivity contribution in [3.8, 4) is 5.75 Å². The second kappa shape index (κ2) is 8.06. The monoisotopic (exact) mass is 437 g/mol. The lowest BCUT2D eigenvalue weighted by atomic mass is 9.94. The molecule has 32 heavy (non-hydrogen) atoms. The summed E-state index contributed by atoms with van der Waals surface area (Å²) in [7, 11) is 0. The minimum Gasteiger partial charge on any atom is -0.507 e. The number of fused-ring (bicyclic) bond motifs is 1. The number of aliphatic hydroxyl groups excluding tert-OH is 1. The number of Topliss-reactive ketones (excluding diaryl/α,β-unsaturated/α-hetero) is 1. The maximum Gasteiger partial charge on any atom is 0.295 e. The van der Waals surface area contributed by atoms with Gasteiger partial charge in [-0.1, -0.05) is 12.1 Å². The zero-order valence-corrected chi connectivity index (χ0v) is 17.7. The number of rotatable bonds is 4. The molecule has 2 fully saturated rings. The number of ether oxygens (including phenoxy) is 2. The van der Waals surface area contributed by atoms with E-state index in [4.69, 9.17) is 9.47 Å². The molecule has 3 unspecified atom stereocenters. The highest BCUT2D eigenvalue weighted by atomic mass is 19.1. The molecule has 1 N–H and O–H groups in total. The topological polar surface area (TPSA) is 76.1 Å². The Hall–Kier alpha value is -3.19. The second-order valence-electron chi connectivity index (χ2n) is 8.59. The maximum atomic E-state index is 13.6. The van der Waals surface area contributed by atoms with Crippen molar-refractivity contribution in [2.75, 3.05) is 13.2 Å². The highest BCUT2D eigenvalue weighted by molar-refractivity contribution is 6.46. The van der Waals surface area contributed by atoms with E-state index in [1.807, 2.05) is 6.92 Å². The third kappa shape index (κ3) is 3.56. The van der Waals surface area contributed by atoms with E-state index in [9.17, 15) is 19.1 Å². The van der Waals surface area contributed by atoms with Gasteiger partial charge in [0.05, 0.1) is 17.7 Å². The maximum absolute atomic E-state index is 13.6. The summed E-state index contributed by atoms with van der Waals surface area (Å²) in [5.74, 6) is -1.34.